The predicted octanol–water partition coefficient (Wildman–Crippen LogP) is 6.66. The van der Waals surface area contributed by atoms with Crippen LogP contribution in [-0.2, 0) is 22.7 Å². The Balaban J connectivity index is 1.19. The highest BCUT2D eigenvalue weighted by Crippen LogP contribution is 2.41. The zero-order chi connectivity index (χ0) is 32.4. The van der Waals surface area contributed by atoms with Crippen molar-refractivity contribution in [1.82, 2.24) is 34.6 Å². The molecule has 1 saturated heterocycles. The summed E-state index contributed by atoms with van der Waals surface area (Å²) in [6.07, 6.45) is 6.14. The van der Waals surface area contributed by atoms with Crippen molar-refractivity contribution in [3.63, 3.8) is 0 Å². The Hall–Kier alpha value is -4.10. The number of aromatic amines is 1. The molecule has 7 rings (SSSR count). The first-order chi connectivity index (χ1) is 22.8. The number of nitrogens with one attached hydrogen (secondary N) is 2. The summed E-state index contributed by atoms with van der Waals surface area (Å²) in [6.45, 7) is 12.4. The molecule has 2 aromatic carbocycles. The molecular weight excluding hydrogens is 609 g/mol. The lowest BCUT2D eigenvalue weighted by atomic mass is 10.1. The van der Waals surface area contributed by atoms with Crippen LogP contribution in [0.5, 0.6) is 5.75 Å². The highest BCUT2D eigenvalue weighted by molar-refractivity contribution is 6.76. The lowest BCUT2D eigenvalue weighted by molar-refractivity contribution is 0.0342. The Labute approximate surface area is 276 Å². The molecule has 2 aliphatic rings. The predicted molar refractivity (Wildman–Crippen MR) is 187 cm³/mol. The molecule has 5 aromatic rings. The second-order valence-electron chi connectivity index (χ2n) is 13.7. The van der Waals surface area contributed by atoms with Crippen LogP contribution in [-0.4, -0.2) is 82.7 Å². The normalized spacial score (nSPS) is 15.7. The minimum atomic E-state index is -1.21. The number of nitrogens with zero attached hydrogens (tertiary/aromatic N) is 6. The van der Waals surface area contributed by atoms with Gasteiger partial charge in [0.2, 0.25) is 0 Å². The molecule has 0 atom stereocenters. The standard InChI is InChI=1S/C35H44N8O3Si/c1-44-31-20-36-33(27-7-5-6-26(19-27)25-9-10-25)40-34(31)39-30-22-43(23-46-16-17-47(2,3)4)41-32(30)35-37-28-11-8-24(18-29(28)38-35)21-42-12-14-45-15-13-42/h5-8,11,18-20,22,25H,9-10,12-17,21,23H2,1-4H3,(H,37,38)(H,36,39,40). The Kier molecular flexibility index (Phi) is 9.08. The highest BCUT2D eigenvalue weighted by Gasteiger charge is 2.24. The molecule has 1 aliphatic heterocycles. The number of fused-ring (bicyclic) bond motifs is 1. The Morgan fingerprint density at radius 3 is 2.70 bits per heavy atom. The molecule has 3 aromatic heterocycles. The van der Waals surface area contributed by atoms with E-state index in [4.69, 9.17) is 29.3 Å². The van der Waals surface area contributed by atoms with Gasteiger partial charge in [-0.15, -0.1) is 0 Å². The van der Waals surface area contributed by atoms with Crippen molar-refractivity contribution in [2.75, 3.05) is 45.3 Å². The number of morpholine rings is 1. The van der Waals surface area contributed by atoms with Crippen molar-refractivity contribution in [2.45, 2.75) is 57.7 Å². The van der Waals surface area contributed by atoms with Gasteiger partial charge in [-0.3, -0.25) is 4.90 Å². The molecule has 12 heteroatoms. The molecule has 0 bridgehead atoms. The maximum absolute atomic E-state index is 6.07. The second-order valence-corrected chi connectivity index (χ2v) is 19.4. The van der Waals surface area contributed by atoms with E-state index < -0.39 is 8.07 Å². The van der Waals surface area contributed by atoms with Crippen molar-refractivity contribution in [1.29, 1.82) is 0 Å². The molecular formula is C35H44N8O3Si. The van der Waals surface area contributed by atoms with Crippen LogP contribution < -0.4 is 10.1 Å². The van der Waals surface area contributed by atoms with E-state index in [0.717, 1.165) is 61.2 Å². The topological polar surface area (TPSA) is 115 Å². The second kappa shape index (κ2) is 13.6. The van der Waals surface area contributed by atoms with E-state index in [0.29, 0.717) is 48.2 Å². The molecule has 246 valence electrons. The van der Waals surface area contributed by atoms with Crippen LogP contribution in [0.15, 0.2) is 54.9 Å². The Morgan fingerprint density at radius 2 is 1.91 bits per heavy atom. The monoisotopic (exact) mass is 652 g/mol. The van der Waals surface area contributed by atoms with Gasteiger partial charge in [0.15, 0.2) is 28.9 Å². The molecule has 0 amide bonds. The number of aromatic nitrogens is 6. The maximum Gasteiger partial charge on any atom is 0.179 e. The van der Waals surface area contributed by atoms with Crippen LogP contribution in [0.3, 0.4) is 0 Å². The van der Waals surface area contributed by atoms with E-state index in [1.807, 2.05) is 10.9 Å². The van der Waals surface area contributed by atoms with Crippen molar-refractivity contribution in [3.8, 4) is 28.7 Å². The first kappa shape index (κ1) is 31.5. The molecule has 2 N–H and O–H groups in total. The van der Waals surface area contributed by atoms with Crippen LogP contribution in [0.25, 0.3) is 33.9 Å². The molecule has 0 spiro atoms. The number of H-pyrrole nitrogens is 1. The summed E-state index contributed by atoms with van der Waals surface area (Å²) < 4.78 is 19.1. The van der Waals surface area contributed by atoms with E-state index in [-0.39, 0.29) is 0 Å². The van der Waals surface area contributed by atoms with E-state index >= 15 is 0 Å². The fourth-order valence-corrected chi connectivity index (χ4v) is 6.56. The fraction of sp³-hybridized carbons (Fsp3) is 0.429. The number of methoxy groups -OCH3 is 1. The average Bonchev–Trinajstić information content (AvgIpc) is 3.72. The zero-order valence-electron chi connectivity index (χ0n) is 27.8. The Morgan fingerprint density at radius 1 is 1.06 bits per heavy atom. The Bertz CT molecular complexity index is 1840. The first-order valence-corrected chi connectivity index (χ1v) is 20.2. The smallest absolute Gasteiger partial charge is 0.179 e. The number of benzene rings is 2. The van der Waals surface area contributed by atoms with Crippen LogP contribution >= 0.6 is 0 Å². The minimum Gasteiger partial charge on any atom is -0.491 e. The number of anilines is 2. The van der Waals surface area contributed by atoms with Gasteiger partial charge in [-0.1, -0.05) is 43.9 Å². The van der Waals surface area contributed by atoms with Gasteiger partial charge >= 0.3 is 0 Å². The van der Waals surface area contributed by atoms with Gasteiger partial charge in [-0.05, 0) is 54.1 Å². The summed E-state index contributed by atoms with van der Waals surface area (Å²) in [6, 6.07) is 16.0. The van der Waals surface area contributed by atoms with Crippen LogP contribution in [0.4, 0.5) is 11.5 Å². The summed E-state index contributed by atoms with van der Waals surface area (Å²) in [7, 11) is 0.414. The minimum absolute atomic E-state index is 0.337. The van der Waals surface area contributed by atoms with Crippen molar-refractivity contribution in [3.05, 3.63) is 66.0 Å². The molecule has 47 heavy (non-hydrogen) atoms. The third-order valence-corrected chi connectivity index (χ3v) is 10.4. The van der Waals surface area contributed by atoms with E-state index in [2.05, 4.69) is 82.3 Å². The summed E-state index contributed by atoms with van der Waals surface area (Å²) >= 11 is 0. The molecule has 0 radical (unpaired) electrons. The van der Waals surface area contributed by atoms with Crippen molar-refractivity contribution in [2.24, 2.45) is 0 Å². The zero-order valence-corrected chi connectivity index (χ0v) is 28.8. The average molecular weight is 653 g/mol. The number of hydrogen-bond acceptors (Lipinski definition) is 9. The third kappa shape index (κ3) is 7.73. The van der Waals surface area contributed by atoms with Gasteiger partial charge < -0.3 is 24.5 Å². The molecule has 2 fully saturated rings. The maximum atomic E-state index is 6.07. The number of hydrogen-bond donors (Lipinski definition) is 2. The number of imidazole rings is 1. The summed E-state index contributed by atoms with van der Waals surface area (Å²) in [5.41, 5.74) is 6.82. The lowest BCUT2D eigenvalue weighted by Crippen LogP contribution is -2.35. The van der Waals surface area contributed by atoms with Gasteiger partial charge in [-0.2, -0.15) is 5.10 Å². The van der Waals surface area contributed by atoms with Crippen molar-refractivity contribution < 1.29 is 14.2 Å². The van der Waals surface area contributed by atoms with E-state index in [1.54, 1.807) is 13.3 Å². The lowest BCUT2D eigenvalue weighted by Gasteiger charge is -2.26. The van der Waals surface area contributed by atoms with Gasteiger partial charge in [-0.25, -0.2) is 19.6 Å². The SMILES string of the molecule is COc1cnc(-c2cccc(C3CC3)c2)nc1Nc1cn(COCC[Si](C)(C)C)nc1-c1nc2ccc(CN3CCOCC3)cc2[nH]1. The van der Waals surface area contributed by atoms with Gasteiger partial charge in [0.1, 0.15) is 6.73 Å². The molecule has 1 saturated carbocycles. The third-order valence-electron chi connectivity index (χ3n) is 8.68. The van der Waals surface area contributed by atoms with E-state index in [9.17, 15) is 0 Å². The quantitative estimate of drug-likeness (QED) is 0.106. The number of ether oxygens (including phenoxy) is 3. The van der Waals surface area contributed by atoms with E-state index in [1.165, 1.54) is 24.0 Å². The van der Waals surface area contributed by atoms with Gasteiger partial charge in [0, 0.05) is 39.9 Å². The highest BCUT2D eigenvalue weighted by atomic mass is 28.3. The van der Waals surface area contributed by atoms with Crippen molar-refractivity contribution >= 4 is 30.6 Å². The summed E-state index contributed by atoms with van der Waals surface area (Å²) in [4.78, 5) is 20.5. The van der Waals surface area contributed by atoms with Crippen LogP contribution in [0.2, 0.25) is 25.7 Å². The number of rotatable bonds is 13. The van der Waals surface area contributed by atoms with Gasteiger partial charge in [0.05, 0.1) is 49.4 Å². The first-order valence-electron chi connectivity index (χ1n) is 16.5. The largest absolute Gasteiger partial charge is 0.491 e. The van der Waals surface area contributed by atoms with Crippen LogP contribution in [0, 0.1) is 0 Å². The molecule has 4 heterocycles. The summed E-state index contributed by atoms with van der Waals surface area (Å²) in [5, 5.41) is 8.45. The summed E-state index contributed by atoms with van der Waals surface area (Å²) in [5.74, 6) is 3.04. The van der Waals surface area contributed by atoms with Gasteiger partial charge in [0.25, 0.3) is 0 Å². The molecule has 11 nitrogen and oxygen atoms in total. The van der Waals surface area contributed by atoms with Crippen LogP contribution in [0.1, 0.15) is 29.9 Å². The fourth-order valence-electron chi connectivity index (χ4n) is 5.80. The molecule has 0 unspecified atom stereocenters. The molecule has 1 aliphatic carbocycles.